The molecule has 2 aromatic rings. The van der Waals surface area contributed by atoms with Crippen LogP contribution in [0.5, 0.6) is 11.5 Å². The summed E-state index contributed by atoms with van der Waals surface area (Å²) in [5.74, 6) is 1.30. The van der Waals surface area contributed by atoms with Gasteiger partial charge < -0.3 is 4.74 Å². The van der Waals surface area contributed by atoms with Gasteiger partial charge in [-0.3, -0.25) is 4.79 Å². The number of para-hydroxylation sites is 1. The second-order valence-corrected chi connectivity index (χ2v) is 4.02. The molecule has 0 fully saturated rings. The van der Waals surface area contributed by atoms with Crippen molar-refractivity contribution >= 4 is 17.4 Å². The summed E-state index contributed by atoms with van der Waals surface area (Å²) in [6.07, 6.45) is 0. The van der Waals surface area contributed by atoms with E-state index in [2.05, 4.69) is 0 Å². The van der Waals surface area contributed by atoms with E-state index in [4.69, 9.17) is 16.3 Å². The van der Waals surface area contributed by atoms with Crippen molar-refractivity contribution in [2.45, 2.75) is 6.92 Å². The summed E-state index contributed by atoms with van der Waals surface area (Å²) in [7, 11) is 0. The van der Waals surface area contributed by atoms with Gasteiger partial charge in [0.25, 0.3) is 0 Å². The van der Waals surface area contributed by atoms with Crippen LogP contribution in [-0.2, 0) is 0 Å². The quantitative estimate of drug-likeness (QED) is 0.754. The van der Waals surface area contributed by atoms with Gasteiger partial charge in [0.15, 0.2) is 5.78 Å². The highest BCUT2D eigenvalue weighted by Crippen LogP contribution is 2.26. The van der Waals surface area contributed by atoms with Gasteiger partial charge in [0.05, 0.1) is 5.02 Å². The van der Waals surface area contributed by atoms with E-state index in [1.807, 2.05) is 30.3 Å². The zero-order valence-corrected chi connectivity index (χ0v) is 10.1. The lowest BCUT2D eigenvalue weighted by atomic mass is 10.1. The van der Waals surface area contributed by atoms with Gasteiger partial charge in [0, 0.05) is 11.6 Å². The molecule has 2 nitrogen and oxygen atoms in total. The van der Waals surface area contributed by atoms with E-state index >= 15 is 0 Å². The summed E-state index contributed by atoms with van der Waals surface area (Å²) in [5, 5.41) is 0.408. The molecular weight excluding hydrogens is 236 g/mol. The van der Waals surface area contributed by atoms with E-state index in [-0.39, 0.29) is 5.78 Å². The third-order valence-corrected chi connectivity index (χ3v) is 2.61. The number of benzene rings is 2. The third-order valence-electron chi connectivity index (χ3n) is 2.30. The van der Waals surface area contributed by atoms with E-state index in [1.54, 1.807) is 18.2 Å². The number of carbonyl (C=O) groups excluding carboxylic acids is 1. The van der Waals surface area contributed by atoms with Gasteiger partial charge in [-0.05, 0) is 31.2 Å². The van der Waals surface area contributed by atoms with Crippen LogP contribution in [0.3, 0.4) is 0 Å². The van der Waals surface area contributed by atoms with Gasteiger partial charge in [-0.15, -0.1) is 0 Å². The molecule has 0 radical (unpaired) electrons. The standard InChI is InChI=1S/C14H11ClO2/c1-10(16)13-8-7-12(9-14(13)15)17-11-5-3-2-4-6-11/h2-9H,1H3. The molecule has 0 unspecified atom stereocenters. The van der Waals surface area contributed by atoms with E-state index < -0.39 is 0 Å². The molecule has 0 bridgehead atoms. The lowest BCUT2D eigenvalue weighted by Crippen LogP contribution is -1.93. The number of halogens is 1. The summed E-state index contributed by atoms with van der Waals surface area (Å²) in [6.45, 7) is 1.49. The highest BCUT2D eigenvalue weighted by Gasteiger charge is 2.07. The van der Waals surface area contributed by atoms with Crippen molar-refractivity contribution in [3.8, 4) is 11.5 Å². The zero-order chi connectivity index (χ0) is 12.3. The lowest BCUT2D eigenvalue weighted by molar-refractivity contribution is 0.101. The smallest absolute Gasteiger partial charge is 0.161 e. The largest absolute Gasteiger partial charge is 0.457 e. The van der Waals surface area contributed by atoms with Crippen molar-refractivity contribution < 1.29 is 9.53 Å². The Labute approximate surface area is 105 Å². The lowest BCUT2D eigenvalue weighted by Gasteiger charge is -2.07. The molecule has 2 aromatic carbocycles. The molecule has 3 heteroatoms. The first-order valence-electron chi connectivity index (χ1n) is 5.20. The molecule has 0 spiro atoms. The number of hydrogen-bond donors (Lipinski definition) is 0. The van der Waals surface area contributed by atoms with Gasteiger partial charge in [-0.1, -0.05) is 29.8 Å². The highest BCUT2D eigenvalue weighted by molar-refractivity contribution is 6.34. The second kappa shape index (κ2) is 5.02. The SMILES string of the molecule is CC(=O)c1ccc(Oc2ccccc2)cc1Cl. The Morgan fingerprint density at radius 1 is 1.06 bits per heavy atom. The van der Waals surface area contributed by atoms with Gasteiger partial charge in [-0.25, -0.2) is 0 Å². The van der Waals surface area contributed by atoms with Crippen LogP contribution in [0.25, 0.3) is 0 Å². The van der Waals surface area contributed by atoms with Crippen LogP contribution in [0.1, 0.15) is 17.3 Å². The Balaban J connectivity index is 2.24. The van der Waals surface area contributed by atoms with Crippen LogP contribution < -0.4 is 4.74 Å². The molecule has 0 amide bonds. The number of ketones is 1. The number of ether oxygens (including phenoxy) is 1. The molecule has 0 aliphatic carbocycles. The first kappa shape index (κ1) is 11.7. The normalized spacial score (nSPS) is 10.0. The van der Waals surface area contributed by atoms with E-state index in [0.29, 0.717) is 16.3 Å². The molecular formula is C14H11ClO2. The minimum atomic E-state index is -0.0544. The van der Waals surface area contributed by atoms with E-state index in [0.717, 1.165) is 5.75 Å². The summed E-state index contributed by atoms with van der Waals surface area (Å²) in [4.78, 5) is 11.2. The molecule has 0 N–H and O–H groups in total. The van der Waals surface area contributed by atoms with Crippen molar-refractivity contribution in [3.63, 3.8) is 0 Å². The Morgan fingerprint density at radius 2 is 1.76 bits per heavy atom. The maximum atomic E-state index is 11.2. The number of rotatable bonds is 3. The Kier molecular flexibility index (Phi) is 3.45. The van der Waals surface area contributed by atoms with Crippen molar-refractivity contribution in [1.29, 1.82) is 0 Å². The van der Waals surface area contributed by atoms with Crippen molar-refractivity contribution in [3.05, 3.63) is 59.1 Å². The molecule has 0 aromatic heterocycles. The molecule has 17 heavy (non-hydrogen) atoms. The zero-order valence-electron chi connectivity index (χ0n) is 9.31. The Hall–Kier alpha value is -1.80. The maximum Gasteiger partial charge on any atom is 0.161 e. The first-order chi connectivity index (χ1) is 8.16. The maximum absolute atomic E-state index is 11.2. The minimum Gasteiger partial charge on any atom is -0.457 e. The molecule has 0 saturated carbocycles. The number of hydrogen-bond acceptors (Lipinski definition) is 2. The van der Waals surface area contributed by atoms with Gasteiger partial charge in [-0.2, -0.15) is 0 Å². The molecule has 0 atom stereocenters. The fraction of sp³-hybridized carbons (Fsp3) is 0.0714. The summed E-state index contributed by atoms with van der Waals surface area (Å²) in [5.41, 5.74) is 0.507. The molecule has 86 valence electrons. The molecule has 0 heterocycles. The first-order valence-corrected chi connectivity index (χ1v) is 5.58. The van der Waals surface area contributed by atoms with Gasteiger partial charge in [0.2, 0.25) is 0 Å². The molecule has 2 rings (SSSR count). The average molecular weight is 247 g/mol. The topological polar surface area (TPSA) is 26.3 Å². The van der Waals surface area contributed by atoms with Crippen LogP contribution in [0.15, 0.2) is 48.5 Å². The molecule has 0 aliphatic heterocycles. The predicted molar refractivity (Wildman–Crippen MR) is 68.0 cm³/mol. The third kappa shape index (κ3) is 2.86. The van der Waals surface area contributed by atoms with Crippen LogP contribution in [0, 0.1) is 0 Å². The monoisotopic (exact) mass is 246 g/mol. The summed E-state index contributed by atoms with van der Waals surface area (Å²) < 4.78 is 5.60. The van der Waals surface area contributed by atoms with E-state index in [9.17, 15) is 4.79 Å². The summed E-state index contributed by atoms with van der Waals surface area (Å²) >= 11 is 5.99. The van der Waals surface area contributed by atoms with Crippen molar-refractivity contribution in [2.24, 2.45) is 0 Å². The van der Waals surface area contributed by atoms with E-state index in [1.165, 1.54) is 6.92 Å². The van der Waals surface area contributed by atoms with Crippen LogP contribution >= 0.6 is 11.6 Å². The van der Waals surface area contributed by atoms with Crippen LogP contribution in [-0.4, -0.2) is 5.78 Å². The predicted octanol–water partition coefficient (Wildman–Crippen LogP) is 4.33. The fourth-order valence-corrected chi connectivity index (χ4v) is 1.77. The fourth-order valence-electron chi connectivity index (χ4n) is 1.47. The number of Topliss-reactive ketones (excluding diaryl/α,β-unsaturated/α-hetero) is 1. The average Bonchev–Trinajstić information content (AvgIpc) is 2.30. The highest BCUT2D eigenvalue weighted by atomic mass is 35.5. The van der Waals surface area contributed by atoms with Gasteiger partial charge >= 0.3 is 0 Å². The van der Waals surface area contributed by atoms with Crippen LogP contribution in [0.2, 0.25) is 5.02 Å². The van der Waals surface area contributed by atoms with Gasteiger partial charge in [0.1, 0.15) is 11.5 Å². The van der Waals surface area contributed by atoms with Crippen LogP contribution in [0.4, 0.5) is 0 Å². The Bertz CT molecular complexity index is 535. The van der Waals surface area contributed by atoms with Crippen molar-refractivity contribution in [1.82, 2.24) is 0 Å². The minimum absolute atomic E-state index is 0.0544. The number of carbonyl (C=O) groups is 1. The molecule has 0 aliphatic rings. The molecule has 0 saturated heterocycles. The summed E-state index contributed by atoms with van der Waals surface area (Å²) in [6, 6.07) is 14.4. The van der Waals surface area contributed by atoms with Crippen molar-refractivity contribution in [2.75, 3.05) is 0 Å². The second-order valence-electron chi connectivity index (χ2n) is 3.61. The Morgan fingerprint density at radius 3 is 2.35 bits per heavy atom.